The maximum absolute atomic E-state index is 11.7. The molecular formula is C14H18BrNO2. The van der Waals surface area contributed by atoms with Gasteiger partial charge in [0.2, 0.25) is 5.91 Å². The molecule has 1 amide bonds. The second-order valence-electron chi connectivity index (χ2n) is 4.60. The molecule has 0 aromatic heterocycles. The summed E-state index contributed by atoms with van der Waals surface area (Å²) >= 11 is 3.38. The lowest BCUT2D eigenvalue weighted by molar-refractivity contribution is -0.122. The number of nitrogens with one attached hydrogen (secondary N) is 1. The zero-order valence-electron chi connectivity index (χ0n) is 10.3. The third-order valence-electron chi connectivity index (χ3n) is 3.11. The van der Waals surface area contributed by atoms with E-state index in [4.69, 9.17) is 4.74 Å². The van der Waals surface area contributed by atoms with Crippen LogP contribution in [0.5, 0.6) is 5.75 Å². The first-order chi connectivity index (χ1) is 8.74. The first kappa shape index (κ1) is 13.4. The summed E-state index contributed by atoms with van der Waals surface area (Å²) in [7, 11) is 0. The molecule has 0 spiro atoms. The van der Waals surface area contributed by atoms with Gasteiger partial charge in [0, 0.05) is 10.5 Å². The van der Waals surface area contributed by atoms with Crippen molar-refractivity contribution in [1.82, 2.24) is 5.32 Å². The van der Waals surface area contributed by atoms with Crippen molar-refractivity contribution in [3.8, 4) is 5.75 Å². The highest BCUT2D eigenvalue weighted by Gasteiger charge is 2.16. The van der Waals surface area contributed by atoms with Crippen LogP contribution in [0.3, 0.4) is 0 Å². The zero-order valence-corrected chi connectivity index (χ0v) is 11.9. The Balaban J connectivity index is 1.66. The van der Waals surface area contributed by atoms with E-state index in [0.29, 0.717) is 19.1 Å². The van der Waals surface area contributed by atoms with Gasteiger partial charge in [-0.15, -0.1) is 0 Å². The predicted molar refractivity (Wildman–Crippen MR) is 74.7 cm³/mol. The summed E-state index contributed by atoms with van der Waals surface area (Å²) < 4.78 is 6.51. The quantitative estimate of drug-likeness (QED) is 0.906. The number of amides is 1. The summed E-state index contributed by atoms with van der Waals surface area (Å²) in [6.07, 6.45) is 5.14. The van der Waals surface area contributed by atoms with Crippen LogP contribution in [0.4, 0.5) is 0 Å². The predicted octanol–water partition coefficient (Wildman–Crippen LogP) is 3.28. The maximum Gasteiger partial charge on any atom is 0.223 e. The molecule has 1 aromatic rings. The molecule has 98 valence electrons. The number of hydrogen-bond acceptors (Lipinski definition) is 2. The molecule has 0 atom stereocenters. The first-order valence-corrected chi connectivity index (χ1v) is 7.21. The molecule has 3 nitrogen and oxygen atoms in total. The van der Waals surface area contributed by atoms with Gasteiger partial charge in [-0.2, -0.15) is 0 Å². The fraction of sp³-hybridized carbons (Fsp3) is 0.500. The molecule has 1 aromatic carbocycles. The molecule has 1 fully saturated rings. The van der Waals surface area contributed by atoms with Crippen LogP contribution in [0.2, 0.25) is 0 Å². The fourth-order valence-electron chi connectivity index (χ4n) is 2.19. The SMILES string of the molecule is O=C(CCOc1cccc(Br)c1)NC1CCCC1. The third-order valence-corrected chi connectivity index (χ3v) is 3.61. The Bertz CT molecular complexity index is 403. The minimum atomic E-state index is 0.0943. The van der Waals surface area contributed by atoms with Gasteiger partial charge in [0.05, 0.1) is 13.0 Å². The third kappa shape index (κ3) is 4.33. The van der Waals surface area contributed by atoms with E-state index in [1.54, 1.807) is 0 Å². The highest BCUT2D eigenvalue weighted by molar-refractivity contribution is 9.10. The molecule has 2 rings (SSSR count). The number of carbonyl (C=O) groups is 1. The standard InChI is InChI=1S/C14H18BrNO2/c15-11-4-3-7-13(10-11)18-9-8-14(17)16-12-5-1-2-6-12/h3-4,7,10,12H,1-2,5-6,8-9H2,(H,16,17). The lowest BCUT2D eigenvalue weighted by Crippen LogP contribution is -2.33. The number of ether oxygens (including phenoxy) is 1. The Kier molecular flexibility index (Phi) is 5.05. The number of hydrogen-bond donors (Lipinski definition) is 1. The molecule has 0 unspecified atom stereocenters. The van der Waals surface area contributed by atoms with Crippen molar-refractivity contribution < 1.29 is 9.53 Å². The highest BCUT2D eigenvalue weighted by atomic mass is 79.9. The van der Waals surface area contributed by atoms with Gasteiger partial charge in [-0.3, -0.25) is 4.79 Å². The average molecular weight is 312 g/mol. The summed E-state index contributed by atoms with van der Waals surface area (Å²) in [4.78, 5) is 11.7. The van der Waals surface area contributed by atoms with E-state index in [1.807, 2.05) is 24.3 Å². The van der Waals surface area contributed by atoms with Gasteiger partial charge in [-0.05, 0) is 31.0 Å². The van der Waals surface area contributed by atoms with Crippen molar-refractivity contribution in [3.05, 3.63) is 28.7 Å². The van der Waals surface area contributed by atoms with Crippen molar-refractivity contribution in [3.63, 3.8) is 0 Å². The van der Waals surface area contributed by atoms with Crippen LogP contribution in [-0.2, 0) is 4.79 Å². The van der Waals surface area contributed by atoms with Crippen molar-refractivity contribution in [2.75, 3.05) is 6.61 Å². The second-order valence-corrected chi connectivity index (χ2v) is 5.52. The minimum Gasteiger partial charge on any atom is -0.493 e. The minimum absolute atomic E-state index is 0.0943. The van der Waals surface area contributed by atoms with Crippen LogP contribution in [0.25, 0.3) is 0 Å². The Labute approximate surface area is 116 Å². The molecule has 0 saturated heterocycles. The molecule has 18 heavy (non-hydrogen) atoms. The van der Waals surface area contributed by atoms with E-state index >= 15 is 0 Å². The summed E-state index contributed by atoms with van der Waals surface area (Å²) in [5.74, 6) is 0.884. The van der Waals surface area contributed by atoms with Crippen LogP contribution >= 0.6 is 15.9 Å². The van der Waals surface area contributed by atoms with Crippen molar-refractivity contribution in [2.45, 2.75) is 38.1 Å². The molecule has 1 N–H and O–H groups in total. The van der Waals surface area contributed by atoms with Crippen molar-refractivity contribution in [1.29, 1.82) is 0 Å². The normalized spacial score (nSPS) is 15.6. The van der Waals surface area contributed by atoms with E-state index in [9.17, 15) is 4.79 Å². The molecule has 4 heteroatoms. The Hall–Kier alpha value is -1.03. The van der Waals surface area contributed by atoms with Gasteiger partial charge in [-0.25, -0.2) is 0 Å². The molecule has 1 saturated carbocycles. The molecule has 0 bridgehead atoms. The average Bonchev–Trinajstić information content (AvgIpc) is 2.82. The second kappa shape index (κ2) is 6.78. The largest absolute Gasteiger partial charge is 0.493 e. The van der Waals surface area contributed by atoms with Crippen molar-refractivity contribution >= 4 is 21.8 Å². The van der Waals surface area contributed by atoms with Crippen LogP contribution in [0.1, 0.15) is 32.1 Å². The summed E-state index contributed by atoms with van der Waals surface area (Å²) in [6.45, 7) is 0.426. The van der Waals surface area contributed by atoms with Crippen molar-refractivity contribution in [2.24, 2.45) is 0 Å². The zero-order chi connectivity index (χ0) is 12.8. The van der Waals surface area contributed by atoms with E-state index < -0.39 is 0 Å². The van der Waals surface area contributed by atoms with Gasteiger partial charge in [0.25, 0.3) is 0 Å². The lowest BCUT2D eigenvalue weighted by Gasteiger charge is -2.12. The number of benzene rings is 1. The first-order valence-electron chi connectivity index (χ1n) is 6.42. The van der Waals surface area contributed by atoms with E-state index in [1.165, 1.54) is 12.8 Å². The van der Waals surface area contributed by atoms with E-state index in [0.717, 1.165) is 23.1 Å². The molecule has 0 aliphatic heterocycles. The van der Waals surface area contributed by atoms with Gasteiger partial charge in [0.1, 0.15) is 5.75 Å². The smallest absolute Gasteiger partial charge is 0.223 e. The summed E-state index contributed by atoms with van der Waals surface area (Å²) in [6, 6.07) is 8.04. The highest BCUT2D eigenvalue weighted by Crippen LogP contribution is 2.19. The van der Waals surface area contributed by atoms with Gasteiger partial charge in [-0.1, -0.05) is 34.8 Å². The summed E-state index contributed by atoms with van der Waals surface area (Å²) in [5, 5.41) is 3.05. The molecule has 0 radical (unpaired) electrons. The summed E-state index contributed by atoms with van der Waals surface area (Å²) in [5.41, 5.74) is 0. The Morgan fingerprint density at radius 1 is 1.39 bits per heavy atom. The van der Waals surface area contributed by atoms with Gasteiger partial charge >= 0.3 is 0 Å². The number of carbonyl (C=O) groups excluding carboxylic acids is 1. The van der Waals surface area contributed by atoms with Crippen LogP contribution < -0.4 is 10.1 Å². The fourth-order valence-corrected chi connectivity index (χ4v) is 2.57. The molecule has 1 aliphatic carbocycles. The van der Waals surface area contributed by atoms with E-state index in [-0.39, 0.29) is 5.91 Å². The molecule has 0 heterocycles. The van der Waals surface area contributed by atoms with Gasteiger partial charge in [0.15, 0.2) is 0 Å². The van der Waals surface area contributed by atoms with Gasteiger partial charge < -0.3 is 10.1 Å². The topological polar surface area (TPSA) is 38.3 Å². The molecule has 1 aliphatic rings. The van der Waals surface area contributed by atoms with Crippen LogP contribution in [0.15, 0.2) is 28.7 Å². The van der Waals surface area contributed by atoms with Crippen LogP contribution in [0, 0.1) is 0 Å². The number of halogens is 1. The number of rotatable bonds is 5. The lowest BCUT2D eigenvalue weighted by atomic mass is 10.2. The van der Waals surface area contributed by atoms with Crippen LogP contribution in [-0.4, -0.2) is 18.6 Å². The Morgan fingerprint density at radius 2 is 2.17 bits per heavy atom. The monoisotopic (exact) mass is 311 g/mol. The molecular weight excluding hydrogens is 294 g/mol. The van der Waals surface area contributed by atoms with E-state index in [2.05, 4.69) is 21.2 Å². The maximum atomic E-state index is 11.7. The Morgan fingerprint density at radius 3 is 2.89 bits per heavy atom.